The largest absolute Gasteiger partial charge is 0.299 e. The standard InChI is InChI=1S/C20H20N8S.C19H18N8S/c1-13-4-3-5-17(12-13)28-25-18(22-26-28)14(2)29-20-24-23-19(27(20)16-6-7-16)15-8-10-21-11-9-15;1-13-3-2-4-16(11-13)27-24-17(21-25-27)12-28-19-23-22-18(26(19)15-5-6-15)14-7-9-20-10-8-14/h3-5,8-12,14,16H,6-7H2,1-2H3;2-4,7-11,15H,5-6,12H2,1H3. The van der Waals surface area contributed by atoms with Gasteiger partial charge in [-0.25, -0.2) is 0 Å². The molecule has 2 aromatic carbocycles. The third kappa shape index (κ3) is 8.36. The van der Waals surface area contributed by atoms with Crippen molar-refractivity contribution in [2.24, 2.45) is 0 Å². The molecule has 2 fully saturated rings. The van der Waals surface area contributed by atoms with Crippen LogP contribution in [0.2, 0.25) is 0 Å². The van der Waals surface area contributed by atoms with Gasteiger partial charge in [-0.05, 0) is 117 Å². The number of thioether (sulfide) groups is 2. The van der Waals surface area contributed by atoms with Gasteiger partial charge in [0, 0.05) is 48.0 Å². The minimum Gasteiger partial charge on any atom is -0.299 e. The highest BCUT2D eigenvalue weighted by molar-refractivity contribution is 7.99. The second kappa shape index (κ2) is 16.1. The predicted molar refractivity (Wildman–Crippen MR) is 215 cm³/mol. The SMILES string of the molecule is Cc1cccc(-n2nnc(C(C)Sc3nnc(-c4ccncc4)n3C3CC3)n2)c1.Cc1cccc(-n2nnc(CSc3nnc(-c4ccncc4)n3C3CC3)n2)c1. The van der Waals surface area contributed by atoms with Crippen LogP contribution in [0.5, 0.6) is 0 Å². The molecule has 2 saturated carbocycles. The summed E-state index contributed by atoms with van der Waals surface area (Å²) >= 11 is 3.21. The molecule has 18 heteroatoms. The number of hydrogen-bond acceptors (Lipinski definition) is 14. The van der Waals surface area contributed by atoms with E-state index < -0.39 is 0 Å². The smallest absolute Gasteiger partial charge is 0.192 e. The number of aryl methyl sites for hydroxylation is 2. The molecule has 286 valence electrons. The number of aromatic nitrogens is 16. The molecule has 1 unspecified atom stereocenters. The molecule has 0 radical (unpaired) electrons. The Morgan fingerprint density at radius 1 is 0.614 bits per heavy atom. The molecule has 0 N–H and O–H groups in total. The van der Waals surface area contributed by atoms with Gasteiger partial charge in [0.2, 0.25) is 0 Å². The van der Waals surface area contributed by atoms with Crippen molar-refractivity contribution in [1.29, 1.82) is 0 Å². The highest BCUT2D eigenvalue weighted by Crippen LogP contribution is 2.44. The van der Waals surface area contributed by atoms with E-state index >= 15 is 0 Å². The topological polar surface area (TPSA) is 174 Å². The number of hydrogen-bond donors (Lipinski definition) is 0. The first-order valence-corrected chi connectivity index (χ1v) is 20.6. The molecule has 0 amide bonds. The van der Waals surface area contributed by atoms with E-state index in [0.29, 0.717) is 29.5 Å². The van der Waals surface area contributed by atoms with Crippen molar-refractivity contribution in [2.75, 3.05) is 0 Å². The number of rotatable bonds is 12. The average Bonchev–Trinajstić information content (AvgIpc) is 4.02. The van der Waals surface area contributed by atoms with Gasteiger partial charge in [0.25, 0.3) is 0 Å². The highest BCUT2D eigenvalue weighted by Gasteiger charge is 2.32. The van der Waals surface area contributed by atoms with E-state index in [1.165, 1.54) is 0 Å². The summed E-state index contributed by atoms with van der Waals surface area (Å²) in [5, 5.41) is 45.5. The molecule has 16 nitrogen and oxygen atoms in total. The fraction of sp³-hybridized carbons (Fsp3) is 0.282. The first-order chi connectivity index (χ1) is 28.0. The third-order valence-corrected chi connectivity index (χ3v) is 11.3. The van der Waals surface area contributed by atoms with Crippen LogP contribution in [0.3, 0.4) is 0 Å². The van der Waals surface area contributed by atoms with Crippen molar-refractivity contribution in [2.45, 2.75) is 79.9 Å². The molecule has 1 atom stereocenters. The molecule has 0 saturated heterocycles. The Labute approximate surface area is 336 Å². The summed E-state index contributed by atoms with van der Waals surface area (Å²) in [5.41, 5.74) is 6.19. The minimum absolute atomic E-state index is 0.000509. The average molecular weight is 795 g/mol. The molecular formula is C39H38N16S2. The number of benzene rings is 2. The van der Waals surface area contributed by atoms with Crippen LogP contribution in [0.25, 0.3) is 34.2 Å². The molecular weight excluding hydrogens is 757 g/mol. The van der Waals surface area contributed by atoms with Crippen LogP contribution < -0.4 is 0 Å². The first kappa shape index (κ1) is 36.5. The lowest BCUT2D eigenvalue weighted by Crippen LogP contribution is -2.02. The van der Waals surface area contributed by atoms with Gasteiger partial charge in [-0.2, -0.15) is 0 Å². The Hall–Kier alpha value is -6.14. The molecule has 0 bridgehead atoms. The quantitative estimate of drug-likeness (QED) is 0.115. The van der Waals surface area contributed by atoms with E-state index in [1.807, 2.05) is 86.6 Å². The Morgan fingerprint density at radius 3 is 1.70 bits per heavy atom. The summed E-state index contributed by atoms with van der Waals surface area (Å²) in [6, 6.07) is 24.9. The van der Waals surface area contributed by atoms with Crippen molar-refractivity contribution in [3.63, 3.8) is 0 Å². The Bertz CT molecular complexity index is 2590. The number of nitrogens with zero attached hydrogens (tertiary/aromatic N) is 16. The molecule has 8 aromatic rings. The second-order valence-electron chi connectivity index (χ2n) is 13.9. The maximum absolute atomic E-state index is 4.58. The molecule has 2 aliphatic carbocycles. The van der Waals surface area contributed by atoms with Crippen LogP contribution in [0.4, 0.5) is 0 Å². The summed E-state index contributed by atoms with van der Waals surface area (Å²) in [7, 11) is 0. The van der Waals surface area contributed by atoms with Gasteiger partial charge in [-0.15, -0.1) is 50.4 Å². The van der Waals surface area contributed by atoms with Crippen molar-refractivity contribution in [1.82, 2.24) is 79.9 Å². The fourth-order valence-electron chi connectivity index (χ4n) is 6.20. The van der Waals surface area contributed by atoms with Gasteiger partial charge in [-0.3, -0.25) is 19.1 Å². The van der Waals surface area contributed by atoms with Crippen LogP contribution >= 0.6 is 23.5 Å². The van der Waals surface area contributed by atoms with Gasteiger partial charge in [0.15, 0.2) is 33.6 Å². The normalized spacial score (nSPS) is 14.3. The maximum atomic E-state index is 4.58. The molecule has 10 rings (SSSR count). The molecule has 0 aliphatic heterocycles. The van der Waals surface area contributed by atoms with Crippen molar-refractivity contribution in [3.05, 3.63) is 120 Å². The summed E-state index contributed by atoms with van der Waals surface area (Å²) in [6.45, 7) is 6.16. The van der Waals surface area contributed by atoms with Crippen molar-refractivity contribution in [3.8, 4) is 34.2 Å². The second-order valence-corrected chi connectivity index (χ2v) is 16.2. The zero-order valence-electron chi connectivity index (χ0n) is 31.5. The van der Waals surface area contributed by atoms with Crippen LogP contribution in [0.1, 0.15) is 72.7 Å². The van der Waals surface area contributed by atoms with Gasteiger partial charge in [-0.1, -0.05) is 47.8 Å². The zero-order valence-corrected chi connectivity index (χ0v) is 33.1. The summed E-state index contributed by atoms with van der Waals surface area (Å²) in [5.74, 6) is 3.71. The maximum Gasteiger partial charge on any atom is 0.192 e. The molecule has 6 aromatic heterocycles. The number of tetrazole rings is 2. The minimum atomic E-state index is 0.000509. The Morgan fingerprint density at radius 2 is 1.14 bits per heavy atom. The zero-order chi connectivity index (χ0) is 38.7. The lowest BCUT2D eigenvalue weighted by molar-refractivity contribution is 0.667. The molecule has 6 heterocycles. The lowest BCUT2D eigenvalue weighted by Gasteiger charge is -2.10. The molecule has 57 heavy (non-hydrogen) atoms. The summed E-state index contributed by atoms with van der Waals surface area (Å²) in [6.07, 6.45) is 11.7. The van der Waals surface area contributed by atoms with Crippen LogP contribution in [0, 0.1) is 13.8 Å². The van der Waals surface area contributed by atoms with E-state index in [0.717, 1.165) is 81.3 Å². The summed E-state index contributed by atoms with van der Waals surface area (Å²) < 4.78 is 4.46. The molecule has 2 aliphatic rings. The van der Waals surface area contributed by atoms with E-state index in [4.69, 9.17) is 0 Å². The van der Waals surface area contributed by atoms with Crippen molar-refractivity contribution < 1.29 is 0 Å². The van der Waals surface area contributed by atoms with Crippen LogP contribution in [-0.4, -0.2) is 79.9 Å². The lowest BCUT2D eigenvalue weighted by atomic mass is 10.2. The summed E-state index contributed by atoms with van der Waals surface area (Å²) in [4.78, 5) is 11.3. The number of pyridine rings is 2. The van der Waals surface area contributed by atoms with E-state index in [9.17, 15) is 0 Å². The van der Waals surface area contributed by atoms with Crippen LogP contribution in [0.15, 0.2) is 108 Å². The van der Waals surface area contributed by atoms with Crippen LogP contribution in [-0.2, 0) is 5.75 Å². The van der Waals surface area contributed by atoms with E-state index in [-0.39, 0.29) is 5.25 Å². The van der Waals surface area contributed by atoms with Gasteiger partial charge >= 0.3 is 0 Å². The van der Waals surface area contributed by atoms with Gasteiger partial charge in [0.1, 0.15) is 0 Å². The van der Waals surface area contributed by atoms with Crippen molar-refractivity contribution >= 4 is 23.5 Å². The van der Waals surface area contributed by atoms with Gasteiger partial charge < -0.3 is 0 Å². The monoisotopic (exact) mass is 794 g/mol. The Kier molecular flexibility index (Phi) is 10.3. The highest BCUT2D eigenvalue weighted by atomic mass is 32.2. The third-order valence-electron chi connectivity index (χ3n) is 9.36. The molecule has 0 spiro atoms. The van der Waals surface area contributed by atoms with Gasteiger partial charge in [0.05, 0.1) is 22.4 Å². The van der Waals surface area contributed by atoms with E-state index in [2.05, 4.69) is 77.2 Å². The Balaban J connectivity index is 0.000000148. The predicted octanol–water partition coefficient (Wildman–Crippen LogP) is 7.06. The van der Waals surface area contributed by atoms with E-state index in [1.54, 1.807) is 57.9 Å². The fourth-order valence-corrected chi connectivity index (χ4v) is 8.00. The first-order valence-electron chi connectivity index (χ1n) is 18.7.